The summed E-state index contributed by atoms with van der Waals surface area (Å²) < 4.78 is 5.78. The fourth-order valence-electron chi connectivity index (χ4n) is 7.14. The number of amides is 2. The molecule has 0 aliphatic heterocycles. The Kier molecular flexibility index (Phi) is 10.9. The number of carbonyl (C=O) groups excluding carboxylic acids is 2. The molecule has 0 bridgehead atoms. The summed E-state index contributed by atoms with van der Waals surface area (Å²) in [5, 5.41) is 6.17. The van der Waals surface area contributed by atoms with Crippen LogP contribution in [0.2, 0.25) is 0 Å². The zero-order valence-electron chi connectivity index (χ0n) is 26.7. The van der Waals surface area contributed by atoms with E-state index in [1.807, 2.05) is 30.3 Å². The van der Waals surface area contributed by atoms with Crippen molar-refractivity contribution in [3.05, 3.63) is 124 Å². The van der Waals surface area contributed by atoms with Gasteiger partial charge in [0.25, 0.3) is 0 Å². The summed E-state index contributed by atoms with van der Waals surface area (Å²) in [5.41, 5.74) is 10.0. The average Bonchev–Trinajstić information content (AvgIpc) is 3.61. The van der Waals surface area contributed by atoms with Gasteiger partial charge < -0.3 is 20.4 Å². The van der Waals surface area contributed by atoms with E-state index in [0.29, 0.717) is 39.0 Å². The minimum atomic E-state index is -0.748. The number of ether oxygens (including phenoxy) is 1. The van der Waals surface area contributed by atoms with E-state index in [4.69, 9.17) is 4.74 Å². The van der Waals surface area contributed by atoms with Gasteiger partial charge in [-0.3, -0.25) is 9.59 Å². The molecule has 4 aromatic rings. The highest BCUT2D eigenvalue weighted by molar-refractivity contribution is 5.89. The van der Waals surface area contributed by atoms with Gasteiger partial charge in [0.05, 0.1) is 25.2 Å². The predicted octanol–water partition coefficient (Wildman–Crippen LogP) is 5.63. The van der Waals surface area contributed by atoms with E-state index in [2.05, 4.69) is 57.0 Å². The number of hydrogen-bond donors (Lipinski definition) is 3. The number of aromatic amines is 1. The van der Waals surface area contributed by atoms with E-state index in [1.165, 1.54) is 59.1 Å². The normalized spacial score (nSPS) is 14.7. The molecule has 2 aliphatic carbocycles. The number of imidazole rings is 1. The van der Waals surface area contributed by atoms with Gasteiger partial charge in [0.2, 0.25) is 11.8 Å². The van der Waals surface area contributed by atoms with Crippen molar-refractivity contribution in [3.63, 3.8) is 0 Å². The Balaban J connectivity index is 1.18. The van der Waals surface area contributed by atoms with Gasteiger partial charge >= 0.3 is 0 Å². The molecule has 0 saturated carbocycles. The van der Waals surface area contributed by atoms with E-state index >= 15 is 0 Å². The summed E-state index contributed by atoms with van der Waals surface area (Å²) in [6, 6.07) is 22.4. The van der Waals surface area contributed by atoms with Crippen LogP contribution >= 0.6 is 0 Å². The first-order valence-electron chi connectivity index (χ1n) is 17.0. The highest BCUT2D eigenvalue weighted by atomic mass is 16.5. The lowest BCUT2D eigenvalue weighted by atomic mass is 9.81. The molecule has 0 radical (unpaired) electrons. The van der Waals surface area contributed by atoms with E-state index < -0.39 is 6.04 Å². The molecule has 0 fully saturated rings. The number of hydrogen-bond acceptors (Lipinski definition) is 4. The van der Waals surface area contributed by atoms with Crippen molar-refractivity contribution < 1.29 is 14.3 Å². The number of benzene rings is 3. The molecular formula is C39H46N4O3. The summed E-state index contributed by atoms with van der Waals surface area (Å²) in [6.07, 6.45) is 14.2. The van der Waals surface area contributed by atoms with Gasteiger partial charge in [-0.05, 0) is 103 Å². The number of nitrogens with zero attached hydrogens (tertiary/aromatic N) is 1. The zero-order valence-corrected chi connectivity index (χ0v) is 26.7. The summed E-state index contributed by atoms with van der Waals surface area (Å²) >= 11 is 0. The third kappa shape index (κ3) is 8.32. The lowest BCUT2D eigenvalue weighted by Gasteiger charge is -2.26. The Bertz CT molecular complexity index is 1520. The number of carbonyl (C=O) groups is 2. The summed E-state index contributed by atoms with van der Waals surface area (Å²) in [4.78, 5) is 35.2. The van der Waals surface area contributed by atoms with Crippen LogP contribution in [-0.4, -0.2) is 41.0 Å². The Morgan fingerprint density at radius 3 is 2.04 bits per heavy atom. The number of rotatable bonds is 14. The molecule has 7 nitrogen and oxygen atoms in total. The van der Waals surface area contributed by atoms with Crippen LogP contribution in [0.25, 0.3) is 0 Å². The van der Waals surface area contributed by atoms with Gasteiger partial charge in [0, 0.05) is 25.1 Å². The second-order valence-corrected chi connectivity index (χ2v) is 12.8. The van der Waals surface area contributed by atoms with Crippen molar-refractivity contribution in [2.45, 2.75) is 83.3 Å². The van der Waals surface area contributed by atoms with Gasteiger partial charge in [0.1, 0.15) is 6.04 Å². The lowest BCUT2D eigenvalue weighted by molar-refractivity contribution is -0.131. The molecule has 0 saturated heterocycles. The van der Waals surface area contributed by atoms with Crippen LogP contribution in [0.15, 0.2) is 79.3 Å². The lowest BCUT2D eigenvalue weighted by Crippen LogP contribution is -2.50. The van der Waals surface area contributed by atoms with Crippen LogP contribution in [0.4, 0.5) is 0 Å². The molecule has 0 spiro atoms. The largest absolute Gasteiger partial charge is 0.375 e. The molecular weight excluding hydrogens is 572 g/mol. The third-order valence-corrected chi connectivity index (χ3v) is 9.55. The number of H-pyrrole nitrogens is 1. The SMILES string of the molecule is O=C(NC(Cc1c[nH]cn1)C(=O)NCCOCc1ccccc1)C(Cc1cccc2c1CCCC2)Cc1cccc2c1CCCC2. The Morgan fingerprint density at radius 1 is 0.761 bits per heavy atom. The third-order valence-electron chi connectivity index (χ3n) is 9.55. The molecule has 1 atom stereocenters. The first kappa shape index (κ1) is 31.7. The fourth-order valence-corrected chi connectivity index (χ4v) is 7.14. The van der Waals surface area contributed by atoms with E-state index in [9.17, 15) is 9.59 Å². The van der Waals surface area contributed by atoms with Crippen LogP contribution < -0.4 is 10.6 Å². The summed E-state index contributed by atoms with van der Waals surface area (Å²) in [5.74, 6) is -0.615. The fraction of sp³-hybridized carbons (Fsp3) is 0.410. The van der Waals surface area contributed by atoms with Crippen molar-refractivity contribution in [1.29, 1.82) is 0 Å². The van der Waals surface area contributed by atoms with Gasteiger partial charge in [0.15, 0.2) is 0 Å². The molecule has 46 heavy (non-hydrogen) atoms. The molecule has 3 aromatic carbocycles. The van der Waals surface area contributed by atoms with Crippen molar-refractivity contribution in [1.82, 2.24) is 20.6 Å². The number of nitrogens with one attached hydrogen (secondary N) is 3. The quantitative estimate of drug-likeness (QED) is 0.160. The van der Waals surface area contributed by atoms with Crippen molar-refractivity contribution in [3.8, 4) is 0 Å². The topological polar surface area (TPSA) is 96.1 Å². The first-order valence-corrected chi connectivity index (χ1v) is 17.0. The van der Waals surface area contributed by atoms with Crippen LogP contribution in [0.3, 0.4) is 0 Å². The highest BCUT2D eigenvalue weighted by Crippen LogP contribution is 2.30. The second kappa shape index (κ2) is 15.9. The van der Waals surface area contributed by atoms with Gasteiger partial charge in [-0.25, -0.2) is 4.98 Å². The Morgan fingerprint density at radius 2 is 1.41 bits per heavy atom. The predicted molar refractivity (Wildman–Crippen MR) is 180 cm³/mol. The highest BCUT2D eigenvalue weighted by Gasteiger charge is 2.29. The van der Waals surface area contributed by atoms with Gasteiger partial charge in [-0.1, -0.05) is 66.7 Å². The molecule has 1 aromatic heterocycles. The molecule has 6 rings (SSSR count). The maximum atomic E-state index is 14.3. The van der Waals surface area contributed by atoms with Crippen LogP contribution in [0, 0.1) is 5.92 Å². The summed E-state index contributed by atoms with van der Waals surface area (Å²) in [6.45, 7) is 1.22. The average molecular weight is 619 g/mol. The van der Waals surface area contributed by atoms with Crippen LogP contribution in [0.5, 0.6) is 0 Å². The first-order chi connectivity index (χ1) is 22.6. The van der Waals surface area contributed by atoms with Crippen LogP contribution in [0.1, 0.15) is 70.3 Å². The molecule has 1 heterocycles. The van der Waals surface area contributed by atoms with Crippen molar-refractivity contribution in [2.24, 2.45) is 5.92 Å². The van der Waals surface area contributed by atoms with E-state index in [1.54, 1.807) is 12.5 Å². The minimum absolute atomic E-state index is 0.0853. The number of aromatic nitrogens is 2. The van der Waals surface area contributed by atoms with Crippen LogP contribution in [-0.2, 0) is 65.9 Å². The Hall–Kier alpha value is -4.23. The molecule has 240 valence electrons. The maximum Gasteiger partial charge on any atom is 0.243 e. The van der Waals surface area contributed by atoms with Crippen molar-refractivity contribution >= 4 is 11.8 Å². The van der Waals surface area contributed by atoms with E-state index in [0.717, 1.165) is 36.9 Å². The Labute approximate surface area is 272 Å². The molecule has 2 amide bonds. The second-order valence-electron chi connectivity index (χ2n) is 12.8. The smallest absolute Gasteiger partial charge is 0.243 e. The zero-order chi connectivity index (χ0) is 31.6. The summed E-state index contributed by atoms with van der Waals surface area (Å²) in [7, 11) is 0. The van der Waals surface area contributed by atoms with Gasteiger partial charge in [-0.2, -0.15) is 0 Å². The maximum absolute atomic E-state index is 14.3. The number of aryl methyl sites for hydroxylation is 2. The van der Waals surface area contributed by atoms with E-state index in [-0.39, 0.29) is 17.7 Å². The monoisotopic (exact) mass is 618 g/mol. The molecule has 1 unspecified atom stereocenters. The van der Waals surface area contributed by atoms with Crippen molar-refractivity contribution in [2.75, 3.05) is 13.2 Å². The number of fused-ring (bicyclic) bond motifs is 2. The van der Waals surface area contributed by atoms with Gasteiger partial charge in [-0.15, -0.1) is 0 Å². The molecule has 3 N–H and O–H groups in total. The molecule has 7 heteroatoms. The standard InChI is InChI=1S/C39H46N4O3/c44-38(43-37(24-34-25-40-27-42-34)39(45)41-20-21-46-26-28-10-2-1-3-11-28)33(22-31-16-8-14-29-12-4-6-18-35(29)31)23-32-17-9-15-30-13-5-7-19-36(30)32/h1-3,8-11,14-17,25,27,33,37H,4-7,12-13,18-24,26H2,(H,40,42)(H,41,45)(H,43,44). The molecule has 2 aliphatic rings. The minimum Gasteiger partial charge on any atom is -0.375 e.